The smallest absolute Gasteiger partial charge is 0.330 e. The van der Waals surface area contributed by atoms with Gasteiger partial charge in [-0.15, -0.1) is 0 Å². The number of rotatable bonds is 5. The number of hydrogen-bond donors (Lipinski definition) is 0. The van der Waals surface area contributed by atoms with Crippen molar-refractivity contribution in [3.8, 4) is 0 Å². The molecule has 2 aliphatic carbocycles. The summed E-state index contributed by atoms with van der Waals surface area (Å²) in [4.78, 5) is 11.7. The molecule has 26 heavy (non-hydrogen) atoms. The second-order valence-electron chi connectivity index (χ2n) is 7.95. The second kappa shape index (κ2) is 9.34. The fourth-order valence-corrected chi connectivity index (χ4v) is 4.75. The Balaban J connectivity index is 1.41. The van der Waals surface area contributed by atoms with E-state index in [1.165, 1.54) is 44.1 Å². The molecule has 2 aliphatic rings. The zero-order valence-electron chi connectivity index (χ0n) is 15.8. The Morgan fingerprint density at radius 2 is 1.58 bits per heavy atom. The monoisotopic (exact) mass is 358 g/mol. The van der Waals surface area contributed by atoms with Crippen LogP contribution in [0.25, 0.3) is 0 Å². The second-order valence-corrected chi connectivity index (χ2v) is 7.95. The summed E-state index contributed by atoms with van der Waals surface area (Å²) in [7, 11) is 0. The molecular formula is C23H31FO2. The molecule has 1 aromatic rings. The summed E-state index contributed by atoms with van der Waals surface area (Å²) in [5, 5.41) is 0. The molecule has 0 unspecified atom stereocenters. The molecule has 0 amide bonds. The van der Waals surface area contributed by atoms with E-state index in [0.717, 1.165) is 31.1 Å². The van der Waals surface area contributed by atoms with Gasteiger partial charge in [-0.05, 0) is 93.2 Å². The highest BCUT2D eigenvalue weighted by Crippen LogP contribution is 2.43. The van der Waals surface area contributed by atoms with Crippen molar-refractivity contribution in [3.63, 3.8) is 0 Å². The molecule has 0 spiro atoms. The number of ether oxygens (including phenoxy) is 1. The van der Waals surface area contributed by atoms with E-state index in [0.29, 0.717) is 5.92 Å². The molecule has 3 heteroatoms. The molecule has 2 fully saturated rings. The van der Waals surface area contributed by atoms with E-state index >= 15 is 0 Å². The molecule has 0 saturated heterocycles. The van der Waals surface area contributed by atoms with Crippen LogP contribution in [0, 0.1) is 17.7 Å². The number of hydrogen-bond acceptors (Lipinski definition) is 2. The van der Waals surface area contributed by atoms with Gasteiger partial charge in [-0.3, -0.25) is 0 Å². The predicted molar refractivity (Wildman–Crippen MR) is 102 cm³/mol. The molecule has 0 N–H and O–H groups in total. The normalized spacial score (nSPS) is 29.6. The van der Waals surface area contributed by atoms with Gasteiger partial charge < -0.3 is 4.74 Å². The number of carbonyl (C=O) groups is 1. The van der Waals surface area contributed by atoms with E-state index in [1.807, 2.05) is 25.1 Å². The van der Waals surface area contributed by atoms with Crippen LogP contribution in [0.1, 0.15) is 76.2 Å². The molecular weight excluding hydrogens is 327 g/mol. The van der Waals surface area contributed by atoms with E-state index in [-0.39, 0.29) is 17.9 Å². The standard InChI is InChI=1S/C23H31FO2/c1-2-3-4-23(25)26-22-15-11-20(12-16-22)18-7-5-17(6-8-18)19-9-13-21(24)14-10-19/h3-4,9-10,13-14,17-18,20,22H,2,5-8,11-12,15-16H2,1H3. The van der Waals surface area contributed by atoms with Crippen LogP contribution in [-0.4, -0.2) is 12.1 Å². The molecule has 0 atom stereocenters. The Morgan fingerprint density at radius 1 is 1.00 bits per heavy atom. The molecule has 0 radical (unpaired) electrons. The molecule has 3 rings (SSSR count). The summed E-state index contributed by atoms with van der Waals surface area (Å²) in [6.07, 6.45) is 13.7. The number of allylic oxidation sites excluding steroid dienone is 1. The predicted octanol–water partition coefficient (Wildman–Crippen LogP) is 6.17. The molecule has 1 aromatic carbocycles. The molecule has 0 bridgehead atoms. The van der Waals surface area contributed by atoms with Gasteiger partial charge >= 0.3 is 5.97 Å². The van der Waals surface area contributed by atoms with Gasteiger partial charge in [-0.25, -0.2) is 9.18 Å². The van der Waals surface area contributed by atoms with Crippen molar-refractivity contribution in [2.75, 3.05) is 0 Å². The van der Waals surface area contributed by atoms with Crippen molar-refractivity contribution >= 4 is 5.97 Å². The lowest BCUT2D eigenvalue weighted by atomic mass is 9.69. The Kier molecular flexibility index (Phi) is 6.87. The number of benzene rings is 1. The van der Waals surface area contributed by atoms with Crippen molar-refractivity contribution in [1.82, 2.24) is 0 Å². The fraction of sp³-hybridized carbons (Fsp3) is 0.609. The average molecular weight is 358 g/mol. The largest absolute Gasteiger partial charge is 0.459 e. The zero-order valence-corrected chi connectivity index (χ0v) is 15.8. The van der Waals surface area contributed by atoms with Crippen LogP contribution in [0.15, 0.2) is 36.4 Å². The van der Waals surface area contributed by atoms with Crippen molar-refractivity contribution < 1.29 is 13.9 Å². The number of halogens is 1. The summed E-state index contributed by atoms with van der Waals surface area (Å²) in [6.45, 7) is 2.01. The van der Waals surface area contributed by atoms with E-state index in [4.69, 9.17) is 4.74 Å². The van der Waals surface area contributed by atoms with Gasteiger partial charge in [-0.1, -0.05) is 25.1 Å². The van der Waals surface area contributed by atoms with Gasteiger partial charge in [0.1, 0.15) is 11.9 Å². The SMILES string of the molecule is CCC=CC(=O)OC1CCC(C2CCC(c3ccc(F)cc3)CC2)CC1. The quantitative estimate of drug-likeness (QED) is 0.465. The third-order valence-corrected chi connectivity index (χ3v) is 6.27. The lowest BCUT2D eigenvalue weighted by Crippen LogP contribution is -2.29. The first-order chi connectivity index (χ1) is 12.7. The number of esters is 1. The third kappa shape index (κ3) is 5.18. The maximum Gasteiger partial charge on any atom is 0.330 e. The highest BCUT2D eigenvalue weighted by Gasteiger charge is 2.32. The van der Waals surface area contributed by atoms with Crippen molar-refractivity contribution in [2.45, 2.75) is 76.7 Å². The Morgan fingerprint density at radius 3 is 2.15 bits per heavy atom. The van der Waals surface area contributed by atoms with E-state index in [2.05, 4.69) is 0 Å². The van der Waals surface area contributed by atoms with Crippen LogP contribution in [0.3, 0.4) is 0 Å². The summed E-state index contributed by atoms with van der Waals surface area (Å²) in [6, 6.07) is 7.07. The summed E-state index contributed by atoms with van der Waals surface area (Å²) in [5.74, 6) is 1.85. The van der Waals surface area contributed by atoms with Gasteiger partial charge in [-0.2, -0.15) is 0 Å². The minimum absolute atomic E-state index is 0.107. The first-order valence-electron chi connectivity index (χ1n) is 10.3. The zero-order chi connectivity index (χ0) is 18.4. The minimum atomic E-state index is -0.185. The molecule has 0 aromatic heterocycles. The van der Waals surface area contributed by atoms with Crippen molar-refractivity contribution in [1.29, 1.82) is 0 Å². The maximum absolute atomic E-state index is 13.1. The van der Waals surface area contributed by atoms with Crippen LogP contribution in [0.5, 0.6) is 0 Å². The Labute approximate surface area is 156 Å². The Bertz CT molecular complexity index is 591. The summed E-state index contributed by atoms with van der Waals surface area (Å²) in [5.41, 5.74) is 1.29. The van der Waals surface area contributed by atoms with Crippen LogP contribution >= 0.6 is 0 Å². The molecule has 2 nitrogen and oxygen atoms in total. The van der Waals surface area contributed by atoms with E-state index in [9.17, 15) is 9.18 Å². The molecule has 0 heterocycles. The highest BCUT2D eigenvalue weighted by atomic mass is 19.1. The lowest BCUT2D eigenvalue weighted by molar-refractivity contribution is -0.145. The first kappa shape index (κ1) is 19.1. The van der Waals surface area contributed by atoms with E-state index < -0.39 is 0 Å². The fourth-order valence-electron chi connectivity index (χ4n) is 4.75. The topological polar surface area (TPSA) is 26.3 Å². The van der Waals surface area contributed by atoms with Gasteiger partial charge in [0.25, 0.3) is 0 Å². The Hall–Kier alpha value is -1.64. The van der Waals surface area contributed by atoms with Gasteiger partial charge in [0, 0.05) is 6.08 Å². The van der Waals surface area contributed by atoms with Crippen LogP contribution in [0.4, 0.5) is 4.39 Å². The van der Waals surface area contributed by atoms with Gasteiger partial charge in [0.2, 0.25) is 0 Å². The summed E-state index contributed by atoms with van der Waals surface area (Å²) < 4.78 is 18.7. The molecule has 142 valence electrons. The molecule has 2 saturated carbocycles. The van der Waals surface area contributed by atoms with Crippen LogP contribution in [-0.2, 0) is 9.53 Å². The van der Waals surface area contributed by atoms with Gasteiger partial charge in [0.15, 0.2) is 0 Å². The average Bonchev–Trinajstić information content (AvgIpc) is 2.68. The van der Waals surface area contributed by atoms with Crippen molar-refractivity contribution in [3.05, 3.63) is 47.8 Å². The van der Waals surface area contributed by atoms with E-state index in [1.54, 1.807) is 18.2 Å². The summed E-state index contributed by atoms with van der Waals surface area (Å²) >= 11 is 0. The third-order valence-electron chi connectivity index (χ3n) is 6.27. The van der Waals surface area contributed by atoms with Crippen LogP contribution < -0.4 is 0 Å². The number of carbonyl (C=O) groups excluding carboxylic acids is 1. The minimum Gasteiger partial charge on any atom is -0.459 e. The molecule has 0 aliphatic heterocycles. The maximum atomic E-state index is 13.1. The highest BCUT2D eigenvalue weighted by molar-refractivity contribution is 5.82. The van der Waals surface area contributed by atoms with Crippen LogP contribution in [0.2, 0.25) is 0 Å². The van der Waals surface area contributed by atoms with Crippen molar-refractivity contribution in [2.24, 2.45) is 11.8 Å². The first-order valence-corrected chi connectivity index (χ1v) is 10.3. The lowest BCUT2D eigenvalue weighted by Gasteiger charge is -2.37. The van der Waals surface area contributed by atoms with Gasteiger partial charge in [0.05, 0.1) is 0 Å².